The van der Waals surface area contributed by atoms with E-state index in [-0.39, 0.29) is 0 Å². The van der Waals surface area contributed by atoms with Crippen molar-refractivity contribution in [2.24, 2.45) is 0 Å². The lowest BCUT2D eigenvalue weighted by atomic mass is 10.0. The highest BCUT2D eigenvalue weighted by Gasteiger charge is 2.22. The molecule has 3 nitrogen and oxygen atoms in total. The average molecular weight is 346 g/mol. The molecule has 0 aliphatic carbocycles. The third kappa shape index (κ3) is 3.96. The molecule has 3 aromatic carbocycles. The van der Waals surface area contributed by atoms with Crippen molar-refractivity contribution in [3.05, 3.63) is 83.9 Å². The van der Waals surface area contributed by atoms with Crippen LogP contribution >= 0.6 is 0 Å². The Morgan fingerprint density at radius 3 is 2.42 bits per heavy atom. The van der Waals surface area contributed by atoms with E-state index in [0.29, 0.717) is 19.3 Å². The van der Waals surface area contributed by atoms with Gasteiger partial charge in [0, 0.05) is 26.2 Å². The quantitative estimate of drug-likeness (QED) is 0.730. The summed E-state index contributed by atoms with van der Waals surface area (Å²) >= 11 is 0. The monoisotopic (exact) mass is 346 g/mol. The lowest BCUT2D eigenvalue weighted by molar-refractivity contribution is 0.0446. The zero-order valence-corrected chi connectivity index (χ0v) is 15.1. The number of hydrogen-bond acceptors (Lipinski definition) is 3. The Labute approximate surface area is 155 Å². The van der Waals surface area contributed by atoms with Gasteiger partial charge in [-0.1, -0.05) is 72.8 Å². The van der Waals surface area contributed by atoms with E-state index in [1.807, 2.05) is 0 Å². The predicted molar refractivity (Wildman–Crippen MR) is 107 cm³/mol. The van der Waals surface area contributed by atoms with Crippen molar-refractivity contribution >= 4 is 10.8 Å². The maximum absolute atomic E-state index is 6.24. The molecule has 1 atom stereocenters. The minimum absolute atomic E-state index is 0.313. The molecular formula is C23H26N2O. The first kappa shape index (κ1) is 17.2. The SMILES string of the molecule is c1ccc(C(COCc2cccc3ccccc23)N2CCNCC2)cc1. The second kappa shape index (κ2) is 8.45. The summed E-state index contributed by atoms with van der Waals surface area (Å²) in [5.41, 5.74) is 2.60. The second-order valence-electron chi connectivity index (χ2n) is 6.87. The predicted octanol–water partition coefficient (Wildman–Crippen LogP) is 4.00. The van der Waals surface area contributed by atoms with Crippen LogP contribution in [0.15, 0.2) is 72.8 Å². The maximum atomic E-state index is 6.24. The highest BCUT2D eigenvalue weighted by atomic mass is 16.5. The minimum Gasteiger partial charge on any atom is -0.375 e. The molecule has 3 heteroatoms. The van der Waals surface area contributed by atoms with Gasteiger partial charge in [0.05, 0.1) is 19.3 Å². The minimum atomic E-state index is 0.313. The van der Waals surface area contributed by atoms with Crippen LogP contribution in [0.1, 0.15) is 17.2 Å². The Balaban J connectivity index is 1.47. The van der Waals surface area contributed by atoms with Gasteiger partial charge in [0.15, 0.2) is 0 Å². The maximum Gasteiger partial charge on any atom is 0.0723 e. The van der Waals surface area contributed by atoms with Crippen LogP contribution in [0.25, 0.3) is 10.8 Å². The first-order valence-electron chi connectivity index (χ1n) is 9.46. The molecule has 3 aromatic rings. The number of rotatable bonds is 6. The van der Waals surface area contributed by atoms with Crippen molar-refractivity contribution < 1.29 is 4.74 Å². The summed E-state index contributed by atoms with van der Waals surface area (Å²) in [6, 6.07) is 26.0. The Morgan fingerprint density at radius 1 is 0.846 bits per heavy atom. The first-order valence-corrected chi connectivity index (χ1v) is 9.46. The molecule has 0 radical (unpaired) electrons. The number of fused-ring (bicyclic) bond motifs is 1. The van der Waals surface area contributed by atoms with Crippen LogP contribution in [0.5, 0.6) is 0 Å². The van der Waals surface area contributed by atoms with Crippen LogP contribution in [-0.4, -0.2) is 37.7 Å². The van der Waals surface area contributed by atoms with Gasteiger partial charge in [-0.05, 0) is 21.9 Å². The van der Waals surface area contributed by atoms with E-state index in [2.05, 4.69) is 83.0 Å². The van der Waals surface area contributed by atoms with Gasteiger partial charge in [0.2, 0.25) is 0 Å². The Bertz CT molecular complexity index is 822. The summed E-state index contributed by atoms with van der Waals surface area (Å²) in [5, 5.41) is 6.00. The molecule has 0 amide bonds. The van der Waals surface area contributed by atoms with Crippen LogP contribution in [0, 0.1) is 0 Å². The fourth-order valence-corrected chi connectivity index (χ4v) is 3.78. The van der Waals surface area contributed by atoms with E-state index in [1.165, 1.54) is 21.9 Å². The van der Waals surface area contributed by atoms with Crippen LogP contribution in [0.3, 0.4) is 0 Å². The fourth-order valence-electron chi connectivity index (χ4n) is 3.78. The van der Waals surface area contributed by atoms with E-state index >= 15 is 0 Å². The smallest absolute Gasteiger partial charge is 0.0723 e. The number of nitrogens with one attached hydrogen (secondary N) is 1. The largest absolute Gasteiger partial charge is 0.375 e. The Morgan fingerprint density at radius 2 is 1.58 bits per heavy atom. The highest BCUT2D eigenvalue weighted by Crippen LogP contribution is 2.23. The molecule has 0 bridgehead atoms. The molecule has 1 N–H and O–H groups in total. The molecular weight excluding hydrogens is 320 g/mol. The molecule has 4 rings (SSSR count). The fraction of sp³-hybridized carbons (Fsp3) is 0.304. The summed E-state index contributed by atoms with van der Waals surface area (Å²) in [7, 11) is 0. The van der Waals surface area contributed by atoms with Crippen molar-refractivity contribution in [3.63, 3.8) is 0 Å². The van der Waals surface area contributed by atoms with Crippen molar-refractivity contribution in [1.82, 2.24) is 10.2 Å². The number of hydrogen-bond donors (Lipinski definition) is 1. The molecule has 1 aliphatic rings. The van der Waals surface area contributed by atoms with E-state index in [0.717, 1.165) is 26.2 Å². The standard InChI is InChI=1S/C23H26N2O/c1-2-8-20(9-3-1)23(25-15-13-24-14-16-25)18-26-17-21-11-6-10-19-7-4-5-12-22(19)21/h1-12,23-24H,13-18H2. The molecule has 0 spiro atoms. The number of piperazine rings is 1. The topological polar surface area (TPSA) is 24.5 Å². The summed E-state index contributed by atoms with van der Waals surface area (Å²) in [5.74, 6) is 0. The van der Waals surface area contributed by atoms with Crippen LogP contribution in [0.4, 0.5) is 0 Å². The molecule has 0 aromatic heterocycles. The van der Waals surface area contributed by atoms with Gasteiger partial charge < -0.3 is 10.1 Å². The molecule has 0 saturated carbocycles. The van der Waals surface area contributed by atoms with Gasteiger partial charge in [0.25, 0.3) is 0 Å². The molecule has 1 saturated heterocycles. The summed E-state index contributed by atoms with van der Waals surface area (Å²) in [6.07, 6.45) is 0. The zero-order chi connectivity index (χ0) is 17.6. The molecule has 1 unspecified atom stereocenters. The number of nitrogens with zero attached hydrogens (tertiary/aromatic N) is 1. The third-order valence-corrected chi connectivity index (χ3v) is 5.19. The summed E-state index contributed by atoms with van der Waals surface area (Å²) < 4.78 is 6.24. The van der Waals surface area contributed by atoms with Crippen LogP contribution in [0.2, 0.25) is 0 Å². The van der Waals surface area contributed by atoms with Gasteiger partial charge in [0.1, 0.15) is 0 Å². The van der Waals surface area contributed by atoms with Gasteiger partial charge >= 0.3 is 0 Å². The lowest BCUT2D eigenvalue weighted by Gasteiger charge is -2.35. The van der Waals surface area contributed by atoms with Crippen molar-refractivity contribution in [3.8, 4) is 0 Å². The zero-order valence-electron chi connectivity index (χ0n) is 15.1. The first-order chi connectivity index (χ1) is 12.9. The number of benzene rings is 3. The van der Waals surface area contributed by atoms with Crippen LogP contribution in [-0.2, 0) is 11.3 Å². The molecule has 1 aliphatic heterocycles. The second-order valence-corrected chi connectivity index (χ2v) is 6.87. The van der Waals surface area contributed by atoms with Gasteiger partial charge in [-0.25, -0.2) is 0 Å². The summed E-state index contributed by atoms with van der Waals surface area (Å²) in [6.45, 7) is 5.59. The Hall–Kier alpha value is -2.20. The average Bonchev–Trinajstić information content (AvgIpc) is 2.72. The number of ether oxygens (including phenoxy) is 1. The lowest BCUT2D eigenvalue weighted by Crippen LogP contribution is -2.46. The van der Waals surface area contributed by atoms with Crippen LogP contribution < -0.4 is 5.32 Å². The molecule has 1 fully saturated rings. The molecule has 26 heavy (non-hydrogen) atoms. The molecule has 134 valence electrons. The molecule has 1 heterocycles. The van der Waals surface area contributed by atoms with E-state index in [1.54, 1.807) is 0 Å². The van der Waals surface area contributed by atoms with E-state index < -0.39 is 0 Å². The van der Waals surface area contributed by atoms with Gasteiger partial charge in [-0.15, -0.1) is 0 Å². The van der Waals surface area contributed by atoms with Crippen molar-refractivity contribution in [2.45, 2.75) is 12.6 Å². The van der Waals surface area contributed by atoms with Gasteiger partial charge in [-0.3, -0.25) is 4.90 Å². The van der Waals surface area contributed by atoms with Gasteiger partial charge in [-0.2, -0.15) is 0 Å². The summed E-state index contributed by atoms with van der Waals surface area (Å²) in [4.78, 5) is 2.54. The van der Waals surface area contributed by atoms with E-state index in [4.69, 9.17) is 4.74 Å². The van der Waals surface area contributed by atoms with E-state index in [9.17, 15) is 0 Å². The normalized spacial score (nSPS) is 16.6. The third-order valence-electron chi connectivity index (χ3n) is 5.19. The van der Waals surface area contributed by atoms with Crippen molar-refractivity contribution in [1.29, 1.82) is 0 Å². The van der Waals surface area contributed by atoms with Crippen molar-refractivity contribution in [2.75, 3.05) is 32.8 Å². The Kier molecular flexibility index (Phi) is 5.60. The highest BCUT2D eigenvalue weighted by molar-refractivity contribution is 5.85.